The summed E-state index contributed by atoms with van der Waals surface area (Å²) in [6.45, 7) is 8.98. The van der Waals surface area contributed by atoms with E-state index in [9.17, 15) is 4.79 Å². The number of ether oxygens (including phenoxy) is 2. The minimum atomic E-state index is -0.485. The summed E-state index contributed by atoms with van der Waals surface area (Å²) in [5, 5.41) is 3.00. The maximum Gasteiger partial charge on any atom is 0.261 e. The highest BCUT2D eigenvalue weighted by atomic mass is 16.5. The molecular weight excluding hydrogens is 352 g/mol. The van der Waals surface area contributed by atoms with Gasteiger partial charge in [0.15, 0.2) is 6.10 Å². The van der Waals surface area contributed by atoms with E-state index >= 15 is 0 Å². The number of carbonyl (C=O) groups is 1. The quantitative estimate of drug-likeness (QED) is 0.761. The molecule has 0 aromatic heterocycles. The molecule has 2 aromatic carbocycles. The van der Waals surface area contributed by atoms with Crippen molar-refractivity contribution < 1.29 is 14.3 Å². The number of carbonyl (C=O) groups excluding carboxylic acids is 1. The van der Waals surface area contributed by atoms with Crippen molar-refractivity contribution in [3.05, 3.63) is 65.2 Å². The van der Waals surface area contributed by atoms with Crippen molar-refractivity contribution in [2.45, 2.75) is 39.5 Å². The number of morpholine rings is 1. The Hall–Kier alpha value is -2.37. The summed E-state index contributed by atoms with van der Waals surface area (Å²) in [7, 11) is 0. The molecule has 5 nitrogen and oxygen atoms in total. The van der Waals surface area contributed by atoms with Crippen LogP contribution in [0.1, 0.15) is 30.0 Å². The van der Waals surface area contributed by atoms with E-state index in [-0.39, 0.29) is 5.91 Å². The summed E-state index contributed by atoms with van der Waals surface area (Å²) in [4.78, 5) is 14.9. The van der Waals surface area contributed by atoms with Crippen molar-refractivity contribution in [2.24, 2.45) is 0 Å². The van der Waals surface area contributed by atoms with Gasteiger partial charge < -0.3 is 14.8 Å². The number of hydrogen-bond donors (Lipinski definition) is 1. The van der Waals surface area contributed by atoms with Gasteiger partial charge in [0.1, 0.15) is 5.75 Å². The number of para-hydroxylation sites is 1. The monoisotopic (exact) mass is 382 g/mol. The standard InChI is InChI=1S/C23H30N2O3/c1-3-21(28-22-7-5-4-6-18(22)2)23(26)24-16-19-8-10-20(11-9-19)17-25-12-14-27-15-13-25/h4-11,21H,3,12-17H2,1-2H3,(H,24,26). The number of nitrogens with zero attached hydrogens (tertiary/aromatic N) is 1. The maximum atomic E-state index is 12.5. The molecule has 1 aliphatic rings. The predicted molar refractivity (Wildman–Crippen MR) is 110 cm³/mol. The number of nitrogens with one attached hydrogen (secondary N) is 1. The highest BCUT2D eigenvalue weighted by molar-refractivity contribution is 5.81. The molecule has 0 radical (unpaired) electrons. The SMILES string of the molecule is CCC(Oc1ccccc1C)C(=O)NCc1ccc(CN2CCOCC2)cc1. The molecule has 0 aliphatic carbocycles. The lowest BCUT2D eigenvalue weighted by molar-refractivity contribution is -0.128. The number of amides is 1. The molecule has 28 heavy (non-hydrogen) atoms. The molecule has 0 saturated carbocycles. The minimum absolute atomic E-state index is 0.0804. The highest BCUT2D eigenvalue weighted by Crippen LogP contribution is 2.19. The van der Waals surface area contributed by atoms with Crippen molar-refractivity contribution in [1.29, 1.82) is 0 Å². The van der Waals surface area contributed by atoms with Crippen molar-refractivity contribution in [2.75, 3.05) is 26.3 Å². The lowest BCUT2D eigenvalue weighted by Gasteiger charge is -2.26. The zero-order valence-electron chi connectivity index (χ0n) is 16.8. The first kappa shape index (κ1) is 20.4. The second-order valence-corrected chi connectivity index (χ2v) is 7.20. The first-order valence-corrected chi connectivity index (χ1v) is 10.0. The molecule has 1 unspecified atom stereocenters. The Morgan fingerprint density at radius 1 is 1.11 bits per heavy atom. The van der Waals surface area contributed by atoms with Gasteiger partial charge in [0, 0.05) is 26.2 Å². The minimum Gasteiger partial charge on any atom is -0.480 e. The van der Waals surface area contributed by atoms with E-state index in [1.165, 1.54) is 5.56 Å². The highest BCUT2D eigenvalue weighted by Gasteiger charge is 2.18. The fourth-order valence-corrected chi connectivity index (χ4v) is 3.25. The van der Waals surface area contributed by atoms with Crippen molar-refractivity contribution in [3.63, 3.8) is 0 Å². The number of benzene rings is 2. The van der Waals surface area contributed by atoms with Gasteiger partial charge in [-0.25, -0.2) is 0 Å². The van der Waals surface area contributed by atoms with Gasteiger partial charge in [-0.3, -0.25) is 9.69 Å². The lowest BCUT2D eigenvalue weighted by Crippen LogP contribution is -2.37. The molecule has 150 valence electrons. The van der Waals surface area contributed by atoms with Crippen molar-refractivity contribution in [3.8, 4) is 5.75 Å². The van der Waals surface area contributed by atoms with Crippen LogP contribution in [0.5, 0.6) is 5.75 Å². The molecule has 1 heterocycles. The van der Waals surface area contributed by atoms with Gasteiger partial charge in [-0.15, -0.1) is 0 Å². The van der Waals surface area contributed by atoms with Crippen LogP contribution < -0.4 is 10.1 Å². The smallest absolute Gasteiger partial charge is 0.261 e. The van der Waals surface area contributed by atoms with Gasteiger partial charge >= 0.3 is 0 Å². The fourth-order valence-electron chi connectivity index (χ4n) is 3.25. The molecule has 1 saturated heterocycles. The van der Waals surface area contributed by atoms with E-state index in [1.54, 1.807) is 0 Å². The summed E-state index contributed by atoms with van der Waals surface area (Å²) in [5.41, 5.74) is 3.40. The molecule has 1 fully saturated rings. The van der Waals surface area contributed by atoms with E-state index in [1.807, 2.05) is 38.1 Å². The Balaban J connectivity index is 1.49. The zero-order valence-corrected chi connectivity index (χ0v) is 16.8. The van der Waals surface area contributed by atoms with Gasteiger partial charge in [0.2, 0.25) is 0 Å². The Morgan fingerprint density at radius 2 is 1.79 bits per heavy atom. The number of aryl methyl sites for hydroxylation is 1. The van der Waals surface area contributed by atoms with Crippen LogP contribution in [0.3, 0.4) is 0 Å². The van der Waals surface area contributed by atoms with Crippen LogP contribution in [0.2, 0.25) is 0 Å². The zero-order chi connectivity index (χ0) is 19.8. The van der Waals surface area contributed by atoms with Gasteiger partial charge in [-0.1, -0.05) is 49.4 Å². The van der Waals surface area contributed by atoms with Gasteiger partial charge in [-0.2, -0.15) is 0 Å². The Kier molecular flexibility index (Phi) is 7.46. The third-order valence-corrected chi connectivity index (χ3v) is 5.03. The topological polar surface area (TPSA) is 50.8 Å². The fraction of sp³-hybridized carbons (Fsp3) is 0.435. The van der Waals surface area contributed by atoms with Gasteiger partial charge in [-0.05, 0) is 36.1 Å². The molecule has 5 heteroatoms. The van der Waals surface area contributed by atoms with Crippen LogP contribution in [0.25, 0.3) is 0 Å². The van der Waals surface area contributed by atoms with Gasteiger partial charge in [0.25, 0.3) is 5.91 Å². The molecule has 0 spiro atoms. The van der Waals surface area contributed by atoms with Crippen LogP contribution in [0.15, 0.2) is 48.5 Å². The molecule has 1 N–H and O–H groups in total. The second-order valence-electron chi connectivity index (χ2n) is 7.20. The van der Waals surface area contributed by atoms with Crippen molar-refractivity contribution in [1.82, 2.24) is 10.2 Å². The summed E-state index contributed by atoms with van der Waals surface area (Å²) in [5.74, 6) is 0.681. The summed E-state index contributed by atoms with van der Waals surface area (Å²) >= 11 is 0. The first-order chi connectivity index (χ1) is 13.7. The lowest BCUT2D eigenvalue weighted by atomic mass is 10.1. The summed E-state index contributed by atoms with van der Waals surface area (Å²) in [6, 6.07) is 16.2. The third kappa shape index (κ3) is 5.81. The van der Waals surface area contributed by atoms with Crippen LogP contribution in [0, 0.1) is 6.92 Å². The molecule has 3 rings (SSSR count). The van der Waals surface area contributed by atoms with Gasteiger partial charge in [0.05, 0.1) is 13.2 Å². The number of rotatable bonds is 8. The van der Waals surface area contributed by atoms with Crippen LogP contribution >= 0.6 is 0 Å². The second kappa shape index (κ2) is 10.2. The van der Waals surface area contributed by atoms with Crippen LogP contribution in [-0.4, -0.2) is 43.2 Å². The van der Waals surface area contributed by atoms with E-state index in [0.717, 1.165) is 49.7 Å². The summed E-state index contributed by atoms with van der Waals surface area (Å²) in [6.07, 6.45) is 0.139. The first-order valence-electron chi connectivity index (χ1n) is 10.0. The average Bonchev–Trinajstić information content (AvgIpc) is 2.73. The van der Waals surface area contributed by atoms with E-state index in [2.05, 4.69) is 34.5 Å². The number of hydrogen-bond acceptors (Lipinski definition) is 4. The molecule has 0 bridgehead atoms. The summed E-state index contributed by atoms with van der Waals surface area (Å²) < 4.78 is 11.3. The molecule has 2 aromatic rings. The molecule has 1 aliphatic heterocycles. The normalized spacial score (nSPS) is 15.8. The Morgan fingerprint density at radius 3 is 2.46 bits per heavy atom. The maximum absolute atomic E-state index is 12.5. The largest absolute Gasteiger partial charge is 0.480 e. The van der Waals surface area contributed by atoms with E-state index in [4.69, 9.17) is 9.47 Å². The van der Waals surface area contributed by atoms with Crippen molar-refractivity contribution >= 4 is 5.91 Å². The van der Waals surface area contributed by atoms with E-state index < -0.39 is 6.10 Å². The molecular formula is C23H30N2O3. The predicted octanol–water partition coefficient (Wildman–Crippen LogP) is 3.30. The molecule has 1 atom stereocenters. The Labute approximate surface area is 167 Å². The average molecular weight is 383 g/mol. The molecule has 1 amide bonds. The van der Waals surface area contributed by atoms with E-state index in [0.29, 0.717) is 13.0 Å². The van der Waals surface area contributed by atoms with Crippen LogP contribution in [0.4, 0.5) is 0 Å². The van der Waals surface area contributed by atoms with Crippen LogP contribution in [-0.2, 0) is 22.6 Å². The Bertz CT molecular complexity index is 755. The third-order valence-electron chi connectivity index (χ3n) is 5.03.